The summed E-state index contributed by atoms with van der Waals surface area (Å²) in [4.78, 5) is 11.9. The third kappa shape index (κ3) is 8.70. The lowest BCUT2D eigenvalue weighted by Gasteiger charge is -2.30. The molecular formula is C22H36O4. The van der Waals surface area contributed by atoms with Crippen LogP contribution in [0.25, 0.3) is 0 Å². The molecule has 26 heavy (non-hydrogen) atoms. The predicted molar refractivity (Wildman–Crippen MR) is 106 cm³/mol. The Bertz CT molecular complexity index is 474. The summed E-state index contributed by atoms with van der Waals surface area (Å²) in [6.07, 6.45) is 12.4. The Morgan fingerprint density at radius 1 is 0.885 bits per heavy atom. The van der Waals surface area contributed by atoms with Gasteiger partial charge in [-0.1, -0.05) is 82.9 Å². The average molecular weight is 365 g/mol. The molecule has 4 nitrogen and oxygen atoms in total. The first kappa shape index (κ1) is 22.5. The lowest BCUT2D eigenvalue weighted by Crippen LogP contribution is -2.47. The Labute approximate surface area is 158 Å². The van der Waals surface area contributed by atoms with E-state index in [1.807, 2.05) is 18.2 Å². The van der Waals surface area contributed by atoms with Crippen molar-refractivity contribution in [3.05, 3.63) is 30.3 Å². The quantitative estimate of drug-likeness (QED) is 0.280. The van der Waals surface area contributed by atoms with Gasteiger partial charge >= 0.3 is 11.8 Å². The number of unbranched alkanes of at least 4 members (excludes halogenated alkanes) is 9. The fourth-order valence-electron chi connectivity index (χ4n) is 3.12. The Hall–Kier alpha value is -1.55. The van der Waals surface area contributed by atoms with E-state index in [-0.39, 0.29) is 0 Å². The summed E-state index contributed by atoms with van der Waals surface area (Å²) >= 11 is 0. The highest BCUT2D eigenvalue weighted by molar-refractivity contribution is 5.76. The van der Waals surface area contributed by atoms with Crippen LogP contribution in [0, 0.1) is 0 Å². The highest BCUT2D eigenvalue weighted by atomic mass is 16.7. The van der Waals surface area contributed by atoms with Gasteiger partial charge in [-0.15, -0.1) is 0 Å². The molecule has 0 aromatic heterocycles. The van der Waals surface area contributed by atoms with E-state index in [9.17, 15) is 9.90 Å². The number of hydrogen-bond donors (Lipinski definition) is 1. The van der Waals surface area contributed by atoms with Crippen LogP contribution in [0.4, 0.5) is 0 Å². The standard InChI is InChI=1S/C22H36O4/c1-3-5-6-7-8-9-10-11-12-16-19-22(21(23)24,25-4-2)26-20-17-14-13-15-18-20/h13-15,17-18H,3-12,16,19H2,1-2H3,(H,23,24). The molecule has 0 bridgehead atoms. The van der Waals surface area contributed by atoms with Gasteiger partial charge in [0.15, 0.2) is 0 Å². The molecule has 1 aromatic carbocycles. The second-order valence-electron chi connectivity index (χ2n) is 6.84. The Kier molecular flexibility index (Phi) is 11.8. The summed E-state index contributed by atoms with van der Waals surface area (Å²) in [5.41, 5.74) is 0. The molecule has 0 heterocycles. The number of aliphatic carboxylic acids is 1. The second-order valence-corrected chi connectivity index (χ2v) is 6.84. The fraction of sp³-hybridized carbons (Fsp3) is 0.682. The number of carbonyl (C=O) groups is 1. The van der Waals surface area contributed by atoms with Gasteiger partial charge in [-0.2, -0.15) is 0 Å². The molecule has 0 spiro atoms. The maximum Gasteiger partial charge on any atom is 0.377 e. The van der Waals surface area contributed by atoms with E-state index >= 15 is 0 Å². The van der Waals surface area contributed by atoms with Gasteiger partial charge in [0.25, 0.3) is 0 Å². The lowest BCUT2D eigenvalue weighted by atomic mass is 10.0. The molecule has 1 rings (SSSR count). The molecule has 0 radical (unpaired) electrons. The maximum absolute atomic E-state index is 11.9. The van der Waals surface area contributed by atoms with E-state index < -0.39 is 11.8 Å². The number of para-hydroxylation sites is 1. The van der Waals surface area contributed by atoms with Crippen molar-refractivity contribution in [3.8, 4) is 5.75 Å². The van der Waals surface area contributed by atoms with Gasteiger partial charge in [0, 0.05) is 13.0 Å². The highest BCUT2D eigenvalue weighted by Gasteiger charge is 2.41. The zero-order valence-electron chi connectivity index (χ0n) is 16.5. The van der Waals surface area contributed by atoms with Crippen molar-refractivity contribution in [2.24, 2.45) is 0 Å². The Balaban J connectivity index is 2.36. The first-order valence-electron chi connectivity index (χ1n) is 10.3. The van der Waals surface area contributed by atoms with Crippen LogP contribution in [0.2, 0.25) is 0 Å². The van der Waals surface area contributed by atoms with Gasteiger partial charge in [-0.3, -0.25) is 0 Å². The van der Waals surface area contributed by atoms with Crippen LogP contribution in [0.15, 0.2) is 30.3 Å². The van der Waals surface area contributed by atoms with Gasteiger partial charge in [0.05, 0.1) is 0 Å². The van der Waals surface area contributed by atoms with Crippen molar-refractivity contribution in [2.75, 3.05) is 6.61 Å². The van der Waals surface area contributed by atoms with Crippen molar-refractivity contribution < 1.29 is 19.4 Å². The second kappa shape index (κ2) is 13.6. The number of rotatable bonds is 16. The van der Waals surface area contributed by atoms with Gasteiger partial charge in [-0.25, -0.2) is 4.79 Å². The van der Waals surface area contributed by atoms with Crippen molar-refractivity contribution >= 4 is 5.97 Å². The van der Waals surface area contributed by atoms with Crippen LogP contribution in [0.1, 0.15) is 84.5 Å². The van der Waals surface area contributed by atoms with Crippen molar-refractivity contribution in [3.63, 3.8) is 0 Å². The maximum atomic E-state index is 11.9. The van der Waals surface area contributed by atoms with Gasteiger partial charge in [-0.05, 0) is 25.5 Å². The van der Waals surface area contributed by atoms with Crippen molar-refractivity contribution in [1.29, 1.82) is 0 Å². The number of benzene rings is 1. The molecule has 0 aliphatic rings. The molecule has 0 saturated carbocycles. The number of carboxylic acid groups (broad SMARTS) is 1. The smallest absolute Gasteiger partial charge is 0.377 e. The normalized spacial score (nSPS) is 13.3. The summed E-state index contributed by atoms with van der Waals surface area (Å²) in [5.74, 6) is -2.12. The molecule has 1 N–H and O–H groups in total. The fourth-order valence-corrected chi connectivity index (χ4v) is 3.12. The zero-order valence-corrected chi connectivity index (χ0v) is 16.5. The van der Waals surface area contributed by atoms with Gasteiger partial charge in [0.1, 0.15) is 5.75 Å². The van der Waals surface area contributed by atoms with E-state index in [0.29, 0.717) is 18.8 Å². The van der Waals surface area contributed by atoms with Gasteiger partial charge < -0.3 is 14.6 Å². The summed E-state index contributed by atoms with van der Waals surface area (Å²) in [6.45, 7) is 4.34. The number of ether oxygens (including phenoxy) is 2. The molecule has 148 valence electrons. The number of carboxylic acids is 1. The van der Waals surface area contributed by atoms with Crippen LogP contribution in [-0.4, -0.2) is 23.5 Å². The van der Waals surface area contributed by atoms with E-state index in [1.54, 1.807) is 19.1 Å². The minimum Gasteiger partial charge on any atom is -0.476 e. The van der Waals surface area contributed by atoms with Crippen LogP contribution >= 0.6 is 0 Å². The number of hydrogen-bond acceptors (Lipinski definition) is 3. The third-order valence-electron chi connectivity index (χ3n) is 4.59. The first-order valence-corrected chi connectivity index (χ1v) is 10.3. The molecule has 0 aliphatic carbocycles. The zero-order chi connectivity index (χ0) is 19.1. The molecule has 4 heteroatoms. The van der Waals surface area contributed by atoms with Crippen LogP contribution in [-0.2, 0) is 9.53 Å². The molecular weight excluding hydrogens is 328 g/mol. The molecule has 1 aromatic rings. The van der Waals surface area contributed by atoms with Crippen LogP contribution < -0.4 is 4.74 Å². The largest absolute Gasteiger partial charge is 0.476 e. The van der Waals surface area contributed by atoms with E-state index in [0.717, 1.165) is 19.3 Å². The van der Waals surface area contributed by atoms with Crippen LogP contribution in [0.3, 0.4) is 0 Å². The van der Waals surface area contributed by atoms with Crippen LogP contribution in [0.5, 0.6) is 5.75 Å². The van der Waals surface area contributed by atoms with Crippen molar-refractivity contribution in [1.82, 2.24) is 0 Å². The molecule has 0 fully saturated rings. The topological polar surface area (TPSA) is 55.8 Å². The van der Waals surface area contributed by atoms with E-state index in [4.69, 9.17) is 9.47 Å². The monoisotopic (exact) mass is 364 g/mol. The third-order valence-corrected chi connectivity index (χ3v) is 4.59. The first-order chi connectivity index (χ1) is 12.6. The van der Waals surface area contributed by atoms with Crippen molar-refractivity contribution in [2.45, 2.75) is 90.3 Å². The van der Waals surface area contributed by atoms with E-state index in [2.05, 4.69) is 6.92 Å². The predicted octanol–water partition coefficient (Wildman–Crippen LogP) is 6.19. The SMILES string of the molecule is CCCCCCCCCCCCC(OCC)(Oc1ccccc1)C(=O)O. The molecule has 1 atom stereocenters. The summed E-state index contributed by atoms with van der Waals surface area (Å²) in [5, 5.41) is 9.71. The minimum absolute atomic E-state index is 0.302. The highest BCUT2D eigenvalue weighted by Crippen LogP contribution is 2.26. The summed E-state index contributed by atoms with van der Waals surface area (Å²) in [6, 6.07) is 9.05. The average Bonchev–Trinajstić information content (AvgIpc) is 2.64. The van der Waals surface area contributed by atoms with Gasteiger partial charge in [0.2, 0.25) is 0 Å². The summed E-state index contributed by atoms with van der Waals surface area (Å²) < 4.78 is 11.3. The minimum atomic E-state index is -1.59. The Morgan fingerprint density at radius 3 is 1.92 bits per heavy atom. The molecule has 0 saturated heterocycles. The van der Waals surface area contributed by atoms with E-state index in [1.165, 1.54) is 44.9 Å². The molecule has 0 aliphatic heterocycles. The molecule has 1 unspecified atom stereocenters. The molecule has 0 amide bonds. The lowest BCUT2D eigenvalue weighted by molar-refractivity contribution is -0.213. The summed E-state index contributed by atoms with van der Waals surface area (Å²) in [7, 11) is 0. The Morgan fingerprint density at radius 2 is 1.42 bits per heavy atom.